The van der Waals surface area contributed by atoms with Gasteiger partial charge in [0.25, 0.3) is 0 Å². The third-order valence-corrected chi connectivity index (χ3v) is 3.09. The Bertz CT molecular complexity index is 407. The van der Waals surface area contributed by atoms with Crippen LogP contribution in [-0.2, 0) is 16.6 Å². The number of hydrogen-bond donors (Lipinski definition) is 1. The highest BCUT2D eigenvalue weighted by molar-refractivity contribution is 6.31. The first kappa shape index (κ1) is 14.0. The lowest BCUT2D eigenvalue weighted by Crippen LogP contribution is -2.18. The van der Waals surface area contributed by atoms with Crippen molar-refractivity contribution >= 4 is 17.5 Å². The largest absolute Gasteiger partial charge is 0.359 e. The maximum absolute atomic E-state index is 11.2. The molecule has 1 aromatic carbocycles. The van der Waals surface area contributed by atoms with Crippen LogP contribution in [0.2, 0.25) is 5.02 Å². The summed E-state index contributed by atoms with van der Waals surface area (Å²) in [5.41, 5.74) is 2.32. The molecule has 0 unspecified atom stereocenters. The molecule has 0 atom stereocenters. The minimum Gasteiger partial charge on any atom is -0.359 e. The molecule has 0 heterocycles. The Hall–Kier alpha value is -1.02. The van der Waals surface area contributed by atoms with Gasteiger partial charge in [0.2, 0.25) is 5.91 Å². The van der Waals surface area contributed by atoms with E-state index in [0.29, 0.717) is 6.42 Å². The van der Waals surface area contributed by atoms with Crippen LogP contribution in [0, 0.1) is 0 Å². The zero-order chi connectivity index (χ0) is 13.1. The number of aryl methyl sites for hydroxylation is 1. The number of halogens is 1. The molecule has 0 bridgehead atoms. The molecule has 0 fully saturated rings. The van der Waals surface area contributed by atoms with Gasteiger partial charge in [-0.1, -0.05) is 44.5 Å². The molecule has 17 heavy (non-hydrogen) atoms. The van der Waals surface area contributed by atoms with E-state index in [-0.39, 0.29) is 11.3 Å². The Kier molecular flexibility index (Phi) is 4.58. The summed E-state index contributed by atoms with van der Waals surface area (Å²) in [6.07, 6.45) is 1.27. The molecular formula is C14H20ClNO. The predicted molar refractivity (Wildman–Crippen MR) is 72.5 cm³/mol. The number of rotatable bonds is 3. The molecule has 0 saturated heterocycles. The van der Waals surface area contributed by atoms with Gasteiger partial charge in [0, 0.05) is 18.5 Å². The topological polar surface area (TPSA) is 29.1 Å². The molecule has 0 aromatic heterocycles. The highest BCUT2D eigenvalue weighted by Gasteiger charge is 2.17. The molecule has 1 amide bonds. The van der Waals surface area contributed by atoms with Crippen LogP contribution in [0.3, 0.4) is 0 Å². The van der Waals surface area contributed by atoms with Crippen molar-refractivity contribution in [3.8, 4) is 0 Å². The Morgan fingerprint density at radius 3 is 2.53 bits per heavy atom. The first-order chi connectivity index (χ1) is 7.84. The van der Waals surface area contributed by atoms with Gasteiger partial charge in [-0.15, -0.1) is 0 Å². The highest BCUT2D eigenvalue weighted by Crippen LogP contribution is 2.30. The van der Waals surface area contributed by atoms with Gasteiger partial charge >= 0.3 is 0 Å². The summed E-state index contributed by atoms with van der Waals surface area (Å²) in [4.78, 5) is 11.2. The van der Waals surface area contributed by atoms with Gasteiger partial charge in [0.1, 0.15) is 0 Å². The van der Waals surface area contributed by atoms with Crippen molar-refractivity contribution < 1.29 is 4.79 Å². The SMILES string of the molecule is CNC(=O)CCc1ccc(Cl)c(C(C)(C)C)c1. The third-order valence-electron chi connectivity index (χ3n) is 2.76. The highest BCUT2D eigenvalue weighted by atomic mass is 35.5. The van der Waals surface area contributed by atoms with Gasteiger partial charge in [-0.2, -0.15) is 0 Å². The number of carbonyl (C=O) groups is 1. The molecule has 2 nitrogen and oxygen atoms in total. The number of benzene rings is 1. The summed E-state index contributed by atoms with van der Waals surface area (Å²) in [5.74, 6) is 0.0669. The maximum atomic E-state index is 11.2. The molecule has 0 aliphatic heterocycles. The van der Waals surface area contributed by atoms with Crippen LogP contribution >= 0.6 is 11.6 Å². The monoisotopic (exact) mass is 253 g/mol. The van der Waals surface area contributed by atoms with Crippen molar-refractivity contribution in [2.75, 3.05) is 7.05 Å². The predicted octanol–water partition coefficient (Wildman–Crippen LogP) is 3.32. The smallest absolute Gasteiger partial charge is 0.220 e. The van der Waals surface area contributed by atoms with E-state index in [9.17, 15) is 4.79 Å². The van der Waals surface area contributed by atoms with Gasteiger partial charge < -0.3 is 5.32 Å². The zero-order valence-corrected chi connectivity index (χ0v) is 11.7. The van der Waals surface area contributed by atoms with E-state index in [4.69, 9.17) is 11.6 Å². The Morgan fingerprint density at radius 2 is 2.00 bits per heavy atom. The fourth-order valence-corrected chi connectivity index (χ4v) is 2.09. The summed E-state index contributed by atoms with van der Waals surface area (Å²) in [6, 6.07) is 6.01. The molecule has 0 spiro atoms. The van der Waals surface area contributed by atoms with Crippen LogP contribution in [-0.4, -0.2) is 13.0 Å². The minimum atomic E-state index is 0.0279. The number of carbonyl (C=O) groups excluding carboxylic acids is 1. The van der Waals surface area contributed by atoms with E-state index in [1.54, 1.807) is 7.05 Å². The van der Waals surface area contributed by atoms with E-state index >= 15 is 0 Å². The summed E-state index contributed by atoms with van der Waals surface area (Å²) in [7, 11) is 1.66. The summed E-state index contributed by atoms with van der Waals surface area (Å²) < 4.78 is 0. The molecule has 3 heteroatoms. The van der Waals surface area contributed by atoms with Crippen LogP contribution < -0.4 is 5.32 Å². The number of amides is 1. The molecule has 1 rings (SSSR count). The quantitative estimate of drug-likeness (QED) is 0.880. The van der Waals surface area contributed by atoms with Crippen LogP contribution in [0.5, 0.6) is 0 Å². The first-order valence-electron chi connectivity index (χ1n) is 5.84. The molecular weight excluding hydrogens is 234 g/mol. The summed E-state index contributed by atoms with van der Waals surface area (Å²) >= 11 is 6.19. The van der Waals surface area contributed by atoms with E-state index in [0.717, 1.165) is 22.6 Å². The standard InChI is InChI=1S/C14H20ClNO/c1-14(2,3)11-9-10(5-7-12(11)15)6-8-13(17)16-4/h5,7,9H,6,8H2,1-4H3,(H,16,17). The molecule has 94 valence electrons. The average Bonchev–Trinajstić information content (AvgIpc) is 2.26. The second-order valence-corrected chi connectivity index (χ2v) is 5.64. The van der Waals surface area contributed by atoms with Crippen molar-refractivity contribution in [2.24, 2.45) is 0 Å². The van der Waals surface area contributed by atoms with Gasteiger partial charge in [-0.05, 0) is 29.0 Å². The fourth-order valence-electron chi connectivity index (χ4n) is 1.69. The van der Waals surface area contributed by atoms with Gasteiger partial charge in [-0.3, -0.25) is 4.79 Å². The summed E-state index contributed by atoms with van der Waals surface area (Å²) in [6.45, 7) is 6.41. The molecule has 1 N–H and O–H groups in total. The van der Waals surface area contributed by atoms with E-state index in [1.807, 2.05) is 12.1 Å². The molecule has 0 aliphatic rings. The van der Waals surface area contributed by atoms with Crippen molar-refractivity contribution in [3.05, 3.63) is 34.3 Å². The second-order valence-electron chi connectivity index (χ2n) is 5.24. The molecule has 0 aliphatic carbocycles. The number of hydrogen-bond acceptors (Lipinski definition) is 1. The van der Waals surface area contributed by atoms with Crippen LogP contribution in [0.25, 0.3) is 0 Å². The first-order valence-corrected chi connectivity index (χ1v) is 6.22. The average molecular weight is 254 g/mol. The fraction of sp³-hybridized carbons (Fsp3) is 0.500. The molecule has 0 radical (unpaired) electrons. The van der Waals surface area contributed by atoms with Crippen molar-refractivity contribution in [2.45, 2.75) is 39.0 Å². The molecule has 1 aromatic rings. The lowest BCUT2D eigenvalue weighted by atomic mass is 9.85. The Labute approximate surface area is 108 Å². The lowest BCUT2D eigenvalue weighted by molar-refractivity contribution is -0.120. The van der Waals surface area contributed by atoms with Crippen molar-refractivity contribution in [1.82, 2.24) is 5.32 Å². The van der Waals surface area contributed by atoms with Crippen molar-refractivity contribution in [3.63, 3.8) is 0 Å². The van der Waals surface area contributed by atoms with Crippen LogP contribution in [0.15, 0.2) is 18.2 Å². The molecule has 0 saturated carbocycles. The third kappa shape index (κ3) is 4.04. The van der Waals surface area contributed by atoms with Gasteiger partial charge in [0.15, 0.2) is 0 Å². The van der Waals surface area contributed by atoms with Crippen molar-refractivity contribution in [1.29, 1.82) is 0 Å². The Balaban J connectivity index is 2.86. The van der Waals surface area contributed by atoms with E-state index in [1.165, 1.54) is 0 Å². The maximum Gasteiger partial charge on any atom is 0.220 e. The van der Waals surface area contributed by atoms with Gasteiger partial charge in [0.05, 0.1) is 0 Å². The Morgan fingerprint density at radius 1 is 1.35 bits per heavy atom. The van der Waals surface area contributed by atoms with Gasteiger partial charge in [-0.25, -0.2) is 0 Å². The normalized spacial score (nSPS) is 11.4. The van der Waals surface area contributed by atoms with E-state index in [2.05, 4.69) is 32.2 Å². The summed E-state index contributed by atoms with van der Waals surface area (Å²) in [5, 5.41) is 3.42. The zero-order valence-electron chi connectivity index (χ0n) is 10.9. The van der Waals surface area contributed by atoms with Crippen LogP contribution in [0.4, 0.5) is 0 Å². The minimum absolute atomic E-state index is 0.0279. The van der Waals surface area contributed by atoms with E-state index < -0.39 is 0 Å². The van der Waals surface area contributed by atoms with Crippen LogP contribution in [0.1, 0.15) is 38.3 Å². The number of nitrogens with one attached hydrogen (secondary N) is 1. The lowest BCUT2D eigenvalue weighted by Gasteiger charge is -2.21. The second kappa shape index (κ2) is 5.54.